The van der Waals surface area contributed by atoms with Crippen molar-refractivity contribution in [3.05, 3.63) is 51.7 Å². The number of aliphatic hydroxyl groups is 1. The van der Waals surface area contributed by atoms with Crippen LogP contribution in [0.4, 0.5) is 5.69 Å². The molecule has 1 amide bonds. The van der Waals surface area contributed by atoms with Gasteiger partial charge in [0.05, 0.1) is 12.1 Å². The summed E-state index contributed by atoms with van der Waals surface area (Å²) in [6.07, 6.45) is 1.75. The van der Waals surface area contributed by atoms with Crippen LogP contribution in [0.1, 0.15) is 64.9 Å². The number of rotatable bonds is 8. The molecular formula is C21H25NO5S. The molecule has 2 N–H and O–H groups in total. The molecular weight excluding hydrogens is 378 g/mol. The molecule has 1 aliphatic heterocycles. The van der Waals surface area contributed by atoms with Crippen molar-refractivity contribution < 1.29 is 24.5 Å². The van der Waals surface area contributed by atoms with E-state index in [0.717, 1.165) is 22.5 Å². The monoisotopic (exact) mass is 403 g/mol. The predicted molar refractivity (Wildman–Crippen MR) is 108 cm³/mol. The summed E-state index contributed by atoms with van der Waals surface area (Å²) in [4.78, 5) is 26.6. The third kappa shape index (κ3) is 4.11. The Balaban J connectivity index is 1.86. The largest absolute Gasteiger partial charge is 0.477 e. The summed E-state index contributed by atoms with van der Waals surface area (Å²) in [6.45, 7) is 2.02. The minimum atomic E-state index is -0.966. The van der Waals surface area contributed by atoms with Crippen molar-refractivity contribution >= 4 is 28.9 Å². The molecule has 0 bridgehead atoms. The number of hydrogen-bond acceptors (Lipinski definition) is 5. The SMILES string of the molecule is CCCC(O)c1ccc(N2C(=O)CCC2[C@@H](OC)c2ccc(C(=O)O)s2)cc1. The molecule has 0 radical (unpaired) electrons. The van der Waals surface area contributed by atoms with Gasteiger partial charge in [-0.05, 0) is 42.7 Å². The third-order valence-electron chi connectivity index (χ3n) is 5.09. The van der Waals surface area contributed by atoms with Gasteiger partial charge in [-0.15, -0.1) is 11.3 Å². The molecule has 2 unspecified atom stereocenters. The molecule has 3 rings (SSSR count). The number of methoxy groups -OCH3 is 1. The molecule has 1 aromatic heterocycles. The van der Waals surface area contributed by atoms with Crippen molar-refractivity contribution in [1.29, 1.82) is 0 Å². The molecule has 1 aliphatic rings. The summed E-state index contributed by atoms with van der Waals surface area (Å²) < 4.78 is 5.69. The number of benzene rings is 1. The zero-order chi connectivity index (χ0) is 20.3. The van der Waals surface area contributed by atoms with E-state index in [1.54, 1.807) is 24.1 Å². The van der Waals surface area contributed by atoms with Gasteiger partial charge in [-0.1, -0.05) is 25.5 Å². The lowest BCUT2D eigenvalue weighted by Crippen LogP contribution is -2.37. The molecule has 1 fully saturated rings. The summed E-state index contributed by atoms with van der Waals surface area (Å²) in [5.41, 5.74) is 1.60. The Hall–Kier alpha value is -2.22. The summed E-state index contributed by atoms with van der Waals surface area (Å²) in [7, 11) is 1.58. The second-order valence-electron chi connectivity index (χ2n) is 6.93. The van der Waals surface area contributed by atoms with Crippen molar-refractivity contribution in [2.45, 2.75) is 50.9 Å². The number of anilines is 1. The van der Waals surface area contributed by atoms with E-state index in [4.69, 9.17) is 4.74 Å². The summed E-state index contributed by atoms with van der Waals surface area (Å²) >= 11 is 1.18. The van der Waals surface area contributed by atoms with Crippen LogP contribution in [-0.2, 0) is 9.53 Å². The Morgan fingerprint density at radius 1 is 1.29 bits per heavy atom. The number of hydrogen-bond donors (Lipinski definition) is 2. The zero-order valence-electron chi connectivity index (χ0n) is 16.0. The van der Waals surface area contributed by atoms with E-state index in [1.165, 1.54) is 11.3 Å². The molecule has 28 heavy (non-hydrogen) atoms. The maximum absolute atomic E-state index is 12.6. The van der Waals surface area contributed by atoms with Crippen molar-refractivity contribution in [1.82, 2.24) is 0 Å². The molecule has 0 saturated carbocycles. The van der Waals surface area contributed by atoms with Gasteiger partial charge in [0.15, 0.2) is 0 Å². The zero-order valence-corrected chi connectivity index (χ0v) is 16.8. The van der Waals surface area contributed by atoms with Crippen LogP contribution in [0.2, 0.25) is 0 Å². The topological polar surface area (TPSA) is 87.1 Å². The molecule has 0 spiro atoms. The van der Waals surface area contributed by atoms with Gasteiger partial charge >= 0.3 is 5.97 Å². The normalized spacial score (nSPS) is 19.0. The first-order valence-electron chi connectivity index (χ1n) is 9.42. The number of ether oxygens (including phenoxy) is 1. The Kier molecular flexibility index (Phi) is 6.49. The fourth-order valence-electron chi connectivity index (χ4n) is 3.71. The highest BCUT2D eigenvalue weighted by Crippen LogP contribution is 2.38. The second kappa shape index (κ2) is 8.86. The maximum Gasteiger partial charge on any atom is 0.345 e. The number of aromatic carboxylic acids is 1. The van der Waals surface area contributed by atoms with E-state index in [1.807, 2.05) is 31.2 Å². The first-order chi connectivity index (χ1) is 13.5. The van der Waals surface area contributed by atoms with Gasteiger partial charge in [-0.25, -0.2) is 4.79 Å². The molecule has 1 aromatic carbocycles. The average Bonchev–Trinajstić information content (AvgIpc) is 3.31. The first-order valence-corrected chi connectivity index (χ1v) is 10.2. The lowest BCUT2D eigenvalue weighted by Gasteiger charge is -2.30. The van der Waals surface area contributed by atoms with E-state index in [9.17, 15) is 19.8 Å². The molecule has 3 atom stereocenters. The lowest BCUT2D eigenvalue weighted by atomic mass is 10.0. The fourth-order valence-corrected chi connectivity index (χ4v) is 4.69. The fraction of sp³-hybridized carbons (Fsp3) is 0.429. The average molecular weight is 404 g/mol. The molecule has 2 aromatic rings. The quantitative estimate of drug-likeness (QED) is 0.691. The summed E-state index contributed by atoms with van der Waals surface area (Å²) in [5.74, 6) is -0.949. The van der Waals surface area contributed by atoms with Crippen LogP contribution in [0.25, 0.3) is 0 Å². The Bertz CT molecular complexity index is 832. The highest BCUT2D eigenvalue weighted by atomic mass is 32.1. The molecule has 6 nitrogen and oxygen atoms in total. The number of amides is 1. The van der Waals surface area contributed by atoms with Crippen molar-refractivity contribution in [2.75, 3.05) is 12.0 Å². The van der Waals surface area contributed by atoms with E-state index in [2.05, 4.69) is 0 Å². The van der Waals surface area contributed by atoms with Gasteiger partial charge in [-0.2, -0.15) is 0 Å². The molecule has 2 heterocycles. The number of carbonyl (C=O) groups is 2. The predicted octanol–water partition coefficient (Wildman–Crippen LogP) is 4.16. The number of carbonyl (C=O) groups excluding carboxylic acids is 1. The van der Waals surface area contributed by atoms with E-state index >= 15 is 0 Å². The van der Waals surface area contributed by atoms with E-state index in [-0.39, 0.29) is 16.8 Å². The van der Waals surface area contributed by atoms with Crippen LogP contribution in [0.15, 0.2) is 36.4 Å². The Morgan fingerprint density at radius 2 is 2.00 bits per heavy atom. The highest BCUT2D eigenvalue weighted by molar-refractivity contribution is 7.14. The Labute approximate surface area is 168 Å². The summed E-state index contributed by atoms with van der Waals surface area (Å²) in [5, 5.41) is 19.3. The number of thiophene rings is 1. The van der Waals surface area contributed by atoms with Gasteiger partial charge in [-0.3, -0.25) is 4.79 Å². The first kappa shape index (κ1) is 20.5. The highest BCUT2D eigenvalue weighted by Gasteiger charge is 2.39. The van der Waals surface area contributed by atoms with Crippen LogP contribution in [-0.4, -0.2) is 35.2 Å². The molecule has 1 saturated heterocycles. The van der Waals surface area contributed by atoms with Gasteiger partial charge in [0.25, 0.3) is 0 Å². The summed E-state index contributed by atoms with van der Waals surface area (Å²) in [6, 6.07) is 10.5. The van der Waals surface area contributed by atoms with Gasteiger partial charge in [0, 0.05) is 24.1 Å². The minimum Gasteiger partial charge on any atom is -0.477 e. The maximum atomic E-state index is 12.6. The minimum absolute atomic E-state index is 0.0175. The van der Waals surface area contributed by atoms with Crippen molar-refractivity contribution in [3.8, 4) is 0 Å². The van der Waals surface area contributed by atoms with Crippen LogP contribution in [0.3, 0.4) is 0 Å². The lowest BCUT2D eigenvalue weighted by molar-refractivity contribution is -0.117. The Morgan fingerprint density at radius 3 is 2.57 bits per heavy atom. The molecule has 0 aliphatic carbocycles. The van der Waals surface area contributed by atoms with Crippen molar-refractivity contribution in [3.63, 3.8) is 0 Å². The standard InChI is InChI=1S/C21H25NO5S/c1-3-4-16(23)13-5-7-14(8-6-13)22-15(9-12-19(22)24)20(27-2)17-10-11-18(28-17)21(25)26/h5-8,10-11,15-16,20,23H,3-4,9,12H2,1-2H3,(H,25,26)/t15?,16?,20-/m1/s1. The number of carboxylic acid groups (broad SMARTS) is 1. The number of aliphatic hydroxyl groups excluding tert-OH is 1. The molecule has 7 heteroatoms. The number of nitrogens with zero attached hydrogens (tertiary/aromatic N) is 1. The van der Waals surface area contributed by atoms with Crippen LogP contribution >= 0.6 is 11.3 Å². The van der Waals surface area contributed by atoms with Gasteiger partial charge in [0.1, 0.15) is 11.0 Å². The molecule has 150 valence electrons. The van der Waals surface area contributed by atoms with Crippen LogP contribution in [0.5, 0.6) is 0 Å². The third-order valence-corrected chi connectivity index (χ3v) is 6.23. The van der Waals surface area contributed by atoms with E-state index in [0.29, 0.717) is 19.3 Å². The van der Waals surface area contributed by atoms with Gasteiger partial charge in [0.2, 0.25) is 5.91 Å². The smallest absolute Gasteiger partial charge is 0.345 e. The van der Waals surface area contributed by atoms with Crippen LogP contribution < -0.4 is 4.90 Å². The second-order valence-corrected chi connectivity index (χ2v) is 8.04. The number of carboxylic acids is 1. The van der Waals surface area contributed by atoms with E-state index < -0.39 is 18.2 Å². The van der Waals surface area contributed by atoms with Gasteiger partial charge < -0.3 is 19.8 Å². The van der Waals surface area contributed by atoms with Crippen molar-refractivity contribution in [2.24, 2.45) is 0 Å². The van der Waals surface area contributed by atoms with Crippen LogP contribution in [0, 0.1) is 0 Å².